The highest BCUT2D eigenvalue weighted by Gasteiger charge is 2.41. The summed E-state index contributed by atoms with van der Waals surface area (Å²) in [6, 6.07) is 0.562. The van der Waals surface area contributed by atoms with Crippen LogP contribution in [0.2, 0.25) is 5.15 Å². The molecule has 2 fully saturated rings. The van der Waals surface area contributed by atoms with Gasteiger partial charge in [-0.3, -0.25) is 0 Å². The molecule has 2 aliphatic carbocycles. The van der Waals surface area contributed by atoms with Crippen molar-refractivity contribution in [1.29, 1.82) is 0 Å². The van der Waals surface area contributed by atoms with Crippen LogP contribution in [0.4, 0.5) is 0 Å². The average Bonchev–Trinajstić information content (AvgIpc) is 3.02. The first-order valence-corrected chi connectivity index (χ1v) is 7.73. The Bertz CT molecular complexity index is 626. The minimum atomic E-state index is 0.458. The van der Waals surface area contributed by atoms with Gasteiger partial charge in [-0.15, -0.1) is 0 Å². The van der Waals surface area contributed by atoms with Crippen molar-refractivity contribution >= 4 is 45.4 Å². The van der Waals surface area contributed by atoms with E-state index in [9.17, 15) is 0 Å². The molecule has 0 saturated heterocycles. The summed E-state index contributed by atoms with van der Waals surface area (Å²) in [4.78, 5) is 12.9. The summed E-state index contributed by atoms with van der Waals surface area (Å²) in [5, 5.41) is 0.458. The predicted octanol–water partition coefficient (Wildman–Crippen LogP) is 3.45. The summed E-state index contributed by atoms with van der Waals surface area (Å²) >= 11 is 8.38. The van der Waals surface area contributed by atoms with E-state index in [0.29, 0.717) is 11.2 Å². The second-order valence-corrected chi connectivity index (χ2v) is 6.65. The molecule has 3 atom stereocenters. The third kappa shape index (κ3) is 1.52. The van der Waals surface area contributed by atoms with E-state index in [1.54, 1.807) is 0 Å². The number of hydrogen-bond donors (Lipinski definition) is 0. The fourth-order valence-electron chi connectivity index (χ4n) is 3.68. The van der Waals surface area contributed by atoms with Gasteiger partial charge in [-0.05, 0) is 31.1 Å². The van der Waals surface area contributed by atoms with Crippen molar-refractivity contribution < 1.29 is 0 Å². The lowest BCUT2D eigenvalue weighted by atomic mass is 9.95. The Balaban J connectivity index is 1.90. The normalized spacial score (nSPS) is 30.4. The highest BCUT2D eigenvalue weighted by atomic mass is 127. The van der Waals surface area contributed by atoms with Crippen LogP contribution in [-0.4, -0.2) is 19.5 Å². The Hall–Kier alpha value is -0.430. The van der Waals surface area contributed by atoms with Gasteiger partial charge in [0.15, 0.2) is 14.6 Å². The summed E-state index contributed by atoms with van der Waals surface area (Å²) in [6.07, 6.45) is 6.93. The van der Waals surface area contributed by atoms with Crippen molar-refractivity contribution in [3.63, 3.8) is 0 Å². The van der Waals surface area contributed by atoms with Crippen molar-refractivity contribution in [3.8, 4) is 0 Å². The zero-order chi connectivity index (χ0) is 12.3. The van der Waals surface area contributed by atoms with E-state index >= 15 is 0 Å². The van der Waals surface area contributed by atoms with Crippen LogP contribution in [0.3, 0.4) is 0 Å². The molecule has 6 heteroatoms. The van der Waals surface area contributed by atoms with Crippen molar-refractivity contribution in [2.75, 3.05) is 0 Å². The summed E-state index contributed by atoms with van der Waals surface area (Å²) in [7, 11) is 0. The molecular formula is C12H12ClIN4. The lowest BCUT2D eigenvalue weighted by Crippen LogP contribution is -2.17. The monoisotopic (exact) mass is 374 g/mol. The molecule has 2 aromatic rings. The summed E-state index contributed by atoms with van der Waals surface area (Å²) in [6.45, 7) is 0. The van der Waals surface area contributed by atoms with E-state index in [1.807, 2.05) is 0 Å². The van der Waals surface area contributed by atoms with E-state index < -0.39 is 0 Å². The van der Waals surface area contributed by atoms with Crippen LogP contribution in [-0.2, 0) is 0 Å². The standard InChI is InChI=1S/C12H12ClIN4/c13-10-9-11(16-5-15-10)18(12(14)17-9)8-4-6-1-2-7(8)3-6/h5-8H,1-4H2. The van der Waals surface area contributed by atoms with Gasteiger partial charge in [-0.1, -0.05) is 18.0 Å². The molecule has 0 amide bonds. The molecule has 2 bridgehead atoms. The highest BCUT2D eigenvalue weighted by Crippen LogP contribution is 2.51. The maximum absolute atomic E-state index is 6.10. The fraction of sp³-hybridized carbons (Fsp3) is 0.583. The smallest absolute Gasteiger partial charge is 0.173 e. The van der Waals surface area contributed by atoms with Crippen LogP contribution in [0.5, 0.6) is 0 Å². The Morgan fingerprint density at radius 2 is 2.17 bits per heavy atom. The first-order valence-electron chi connectivity index (χ1n) is 6.28. The minimum Gasteiger partial charge on any atom is -0.301 e. The average molecular weight is 375 g/mol. The van der Waals surface area contributed by atoms with Gasteiger partial charge in [0.05, 0.1) is 0 Å². The zero-order valence-corrected chi connectivity index (χ0v) is 12.6. The Morgan fingerprint density at radius 3 is 2.89 bits per heavy atom. The number of hydrogen-bond acceptors (Lipinski definition) is 3. The molecule has 4 rings (SSSR count). The molecule has 2 aromatic heterocycles. The Morgan fingerprint density at radius 1 is 1.28 bits per heavy atom. The van der Waals surface area contributed by atoms with E-state index in [2.05, 4.69) is 42.1 Å². The predicted molar refractivity (Wildman–Crippen MR) is 77.5 cm³/mol. The van der Waals surface area contributed by atoms with Crippen LogP contribution in [0.25, 0.3) is 11.2 Å². The van der Waals surface area contributed by atoms with Crippen molar-refractivity contribution in [3.05, 3.63) is 15.3 Å². The third-order valence-corrected chi connectivity index (χ3v) is 5.46. The summed E-state index contributed by atoms with van der Waals surface area (Å²) < 4.78 is 3.27. The topological polar surface area (TPSA) is 43.6 Å². The molecule has 0 aliphatic heterocycles. The summed E-state index contributed by atoms with van der Waals surface area (Å²) in [5.41, 5.74) is 1.64. The van der Waals surface area contributed by atoms with Gasteiger partial charge in [0.1, 0.15) is 11.8 Å². The lowest BCUT2D eigenvalue weighted by molar-refractivity contribution is 0.330. The molecular weight excluding hydrogens is 363 g/mol. The fourth-order valence-corrected chi connectivity index (χ4v) is 4.67. The largest absolute Gasteiger partial charge is 0.301 e. The Labute approximate surface area is 123 Å². The maximum atomic E-state index is 6.10. The second-order valence-electron chi connectivity index (χ2n) is 5.33. The number of aromatic nitrogens is 4. The molecule has 0 N–H and O–H groups in total. The Kier molecular flexibility index (Phi) is 2.55. The van der Waals surface area contributed by atoms with Crippen molar-refractivity contribution in [1.82, 2.24) is 19.5 Å². The molecule has 0 radical (unpaired) electrons. The molecule has 94 valence electrons. The first-order chi connectivity index (χ1) is 8.74. The second kappa shape index (κ2) is 4.03. The van der Waals surface area contributed by atoms with Gasteiger partial charge < -0.3 is 4.57 Å². The number of nitrogens with zero attached hydrogens (tertiary/aromatic N) is 4. The van der Waals surface area contributed by atoms with Gasteiger partial charge in [0, 0.05) is 28.6 Å². The number of imidazole rings is 1. The van der Waals surface area contributed by atoms with Gasteiger partial charge in [-0.25, -0.2) is 15.0 Å². The van der Waals surface area contributed by atoms with Gasteiger partial charge in [-0.2, -0.15) is 0 Å². The third-order valence-electron chi connectivity index (χ3n) is 4.42. The minimum absolute atomic E-state index is 0.458. The quantitative estimate of drug-likeness (QED) is 0.436. The van der Waals surface area contributed by atoms with E-state index in [0.717, 1.165) is 26.8 Å². The summed E-state index contributed by atoms with van der Waals surface area (Å²) in [5.74, 6) is 1.71. The molecule has 0 spiro atoms. The van der Waals surface area contributed by atoms with Crippen LogP contribution in [0.1, 0.15) is 31.7 Å². The molecule has 2 saturated carbocycles. The van der Waals surface area contributed by atoms with Gasteiger partial charge in [0.2, 0.25) is 0 Å². The van der Waals surface area contributed by atoms with Crippen molar-refractivity contribution in [2.45, 2.75) is 31.7 Å². The van der Waals surface area contributed by atoms with E-state index in [-0.39, 0.29) is 0 Å². The lowest BCUT2D eigenvalue weighted by Gasteiger charge is -2.24. The van der Waals surface area contributed by atoms with Gasteiger partial charge >= 0.3 is 0 Å². The van der Waals surface area contributed by atoms with Crippen LogP contribution >= 0.6 is 34.2 Å². The van der Waals surface area contributed by atoms with Crippen LogP contribution < -0.4 is 0 Å². The molecule has 2 aliphatic rings. The van der Waals surface area contributed by atoms with Crippen molar-refractivity contribution in [2.24, 2.45) is 11.8 Å². The number of rotatable bonds is 1. The molecule has 2 heterocycles. The molecule has 3 unspecified atom stereocenters. The van der Waals surface area contributed by atoms with E-state index in [1.165, 1.54) is 32.0 Å². The maximum Gasteiger partial charge on any atom is 0.173 e. The highest BCUT2D eigenvalue weighted by molar-refractivity contribution is 14.1. The first kappa shape index (κ1) is 11.4. The molecule has 18 heavy (non-hydrogen) atoms. The zero-order valence-electron chi connectivity index (χ0n) is 9.68. The molecule has 0 aromatic carbocycles. The molecule has 4 nitrogen and oxygen atoms in total. The number of halogens is 2. The van der Waals surface area contributed by atoms with E-state index in [4.69, 9.17) is 11.6 Å². The SMILES string of the molecule is Clc1ncnc2c1nc(I)n2C1CC2CCC1C2. The van der Waals surface area contributed by atoms with Gasteiger partial charge in [0.25, 0.3) is 0 Å². The van der Waals surface area contributed by atoms with Crippen LogP contribution in [0, 0.1) is 15.7 Å². The van der Waals surface area contributed by atoms with Crippen LogP contribution in [0.15, 0.2) is 6.33 Å². The number of fused-ring (bicyclic) bond motifs is 3.